The molecule has 0 unspecified atom stereocenters. The minimum absolute atomic E-state index is 0.299. The number of rotatable bonds is 6. The first kappa shape index (κ1) is 18.3. The monoisotopic (exact) mass is 298 g/mol. The van der Waals surface area contributed by atoms with E-state index in [4.69, 9.17) is 4.74 Å². The molecule has 124 valence electrons. The Kier molecular flexibility index (Phi) is 7.50. The van der Waals surface area contributed by atoms with Crippen LogP contribution in [0.15, 0.2) is 0 Å². The van der Waals surface area contributed by atoms with Crippen LogP contribution in [0, 0.1) is 11.8 Å². The molecule has 2 N–H and O–H groups in total. The van der Waals surface area contributed by atoms with Crippen LogP contribution in [-0.2, 0) is 4.74 Å². The number of hydrogen-bond donors (Lipinski definition) is 2. The lowest BCUT2D eigenvalue weighted by atomic mass is 9.84. The number of nitrogens with one attached hydrogen (secondary N) is 2. The van der Waals surface area contributed by atoms with Gasteiger partial charge in [-0.25, -0.2) is 4.79 Å². The summed E-state index contributed by atoms with van der Waals surface area (Å²) in [5.74, 6) is 1.19. The Labute approximate surface area is 130 Å². The van der Waals surface area contributed by atoms with Gasteiger partial charge in [0.25, 0.3) is 0 Å². The summed E-state index contributed by atoms with van der Waals surface area (Å²) in [6, 6.07) is 0.530. The van der Waals surface area contributed by atoms with Gasteiger partial charge in [0, 0.05) is 12.6 Å². The molecular formula is C17H34N2O2. The van der Waals surface area contributed by atoms with Crippen LogP contribution < -0.4 is 10.6 Å². The largest absolute Gasteiger partial charge is 0.444 e. The van der Waals surface area contributed by atoms with Gasteiger partial charge in [0.2, 0.25) is 0 Å². The first-order valence-corrected chi connectivity index (χ1v) is 8.52. The molecule has 1 fully saturated rings. The zero-order valence-electron chi connectivity index (χ0n) is 14.5. The number of hydrogen-bond acceptors (Lipinski definition) is 3. The van der Waals surface area contributed by atoms with E-state index in [1.807, 2.05) is 20.8 Å². The average molecular weight is 298 g/mol. The van der Waals surface area contributed by atoms with Crippen molar-refractivity contribution in [2.45, 2.75) is 78.4 Å². The van der Waals surface area contributed by atoms with E-state index in [1.54, 1.807) is 0 Å². The van der Waals surface area contributed by atoms with Gasteiger partial charge in [-0.3, -0.25) is 0 Å². The molecule has 0 saturated carbocycles. The van der Waals surface area contributed by atoms with Crippen LogP contribution in [0.25, 0.3) is 0 Å². The number of carbonyl (C=O) groups is 1. The molecule has 0 aromatic heterocycles. The smallest absolute Gasteiger partial charge is 0.407 e. The third-order valence-electron chi connectivity index (χ3n) is 4.23. The van der Waals surface area contributed by atoms with Gasteiger partial charge >= 0.3 is 6.09 Å². The van der Waals surface area contributed by atoms with Crippen molar-refractivity contribution in [2.75, 3.05) is 13.1 Å². The van der Waals surface area contributed by atoms with Gasteiger partial charge in [0.15, 0.2) is 0 Å². The summed E-state index contributed by atoms with van der Waals surface area (Å²) in [6.07, 6.45) is 5.83. The highest BCUT2D eigenvalue weighted by molar-refractivity contribution is 5.67. The summed E-state index contributed by atoms with van der Waals surface area (Å²) in [5.41, 5.74) is -0.431. The Hall–Kier alpha value is -0.770. The Bertz CT molecular complexity index is 306. The van der Waals surface area contributed by atoms with Gasteiger partial charge in [0.1, 0.15) is 5.60 Å². The molecule has 0 radical (unpaired) electrons. The second-order valence-electron chi connectivity index (χ2n) is 7.45. The SMILES string of the molecule is CC[C@H](C)C[C@@H](CNC(=O)OC(C)(C)C)[C@@H]1CCCCN1. The van der Waals surface area contributed by atoms with E-state index >= 15 is 0 Å². The molecule has 0 aromatic carbocycles. The predicted molar refractivity (Wildman–Crippen MR) is 87.4 cm³/mol. The van der Waals surface area contributed by atoms with Gasteiger partial charge in [0.05, 0.1) is 0 Å². The van der Waals surface area contributed by atoms with Crippen molar-refractivity contribution in [1.29, 1.82) is 0 Å². The zero-order valence-corrected chi connectivity index (χ0v) is 14.5. The summed E-state index contributed by atoms with van der Waals surface area (Å²) < 4.78 is 5.34. The van der Waals surface area contributed by atoms with Crippen LogP contribution in [0.3, 0.4) is 0 Å². The number of piperidine rings is 1. The minimum atomic E-state index is -0.431. The first-order chi connectivity index (χ1) is 9.81. The van der Waals surface area contributed by atoms with Gasteiger partial charge < -0.3 is 15.4 Å². The summed E-state index contributed by atoms with van der Waals surface area (Å²) in [7, 11) is 0. The molecular weight excluding hydrogens is 264 g/mol. The van der Waals surface area contributed by atoms with Gasteiger partial charge in [-0.15, -0.1) is 0 Å². The van der Waals surface area contributed by atoms with Crippen molar-refractivity contribution in [2.24, 2.45) is 11.8 Å². The van der Waals surface area contributed by atoms with Crippen molar-refractivity contribution in [3.63, 3.8) is 0 Å². The Morgan fingerprint density at radius 3 is 2.62 bits per heavy atom. The quantitative estimate of drug-likeness (QED) is 0.786. The van der Waals surface area contributed by atoms with Crippen molar-refractivity contribution in [3.05, 3.63) is 0 Å². The lowest BCUT2D eigenvalue weighted by molar-refractivity contribution is 0.0510. The summed E-state index contributed by atoms with van der Waals surface area (Å²) in [4.78, 5) is 11.8. The van der Waals surface area contributed by atoms with E-state index in [2.05, 4.69) is 24.5 Å². The fraction of sp³-hybridized carbons (Fsp3) is 0.941. The van der Waals surface area contributed by atoms with Gasteiger partial charge in [-0.05, 0) is 58.4 Å². The molecule has 0 aromatic rings. The fourth-order valence-corrected chi connectivity index (χ4v) is 2.88. The molecule has 0 spiro atoms. The minimum Gasteiger partial charge on any atom is -0.444 e. The van der Waals surface area contributed by atoms with E-state index in [1.165, 1.54) is 25.7 Å². The van der Waals surface area contributed by atoms with Gasteiger partial charge in [-0.2, -0.15) is 0 Å². The topological polar surface area (TPSA) is 50.4 Å². The molecule has 1 amide bonds. The van der Waals surface area contributed by atoms with Crippen LogP contribution >= 0.6 is 0 Å². The maximum atomic E-state index is 11.8. The maximum Gasteiger partial charge on any atom is 0.407 e. The van der Waals surface area contributed by atoms with Crippen LogP contribution in [-0.4, -0.2) is 30.8 Å². The molecule has 4 heteroatoms. The maximum absolute atomic E-state index is 11.8. The molecule has 0 aliphatic carbocycles. The van der Waals surface area contributed by atoms with E-state index in [9.17, 15) is 4.79 Å². The lowest BCUT2D eigenvalue weighted by Gasteiger charge is -2.33. The van der Waals surface area contributed by atoms with Crippen LogP contribution in [0.4, 0.5) is 4.79 Å². The Balaban J connectivity index is 2.49. The number of amides is 1. The third kappa shape index (κ3) is 7.70. The number of ether oxygens (including phenoxy) is 1. The van der Waals surface area contributed by atoms with Crippen molar-refractivity contribution in [1.82, 2.24) is 10.6 Å². The fourth-order valence-electron chi connectivity index (χ4n) is 2.88. The molecule has 1 rings (SSSR count). The second-order valence-corrected chi connectivity index (χ2v) is 7.45. The highest BCUT2D eigenvalue weighted by Crippen LogP contribution is 2.23. The average Bonchev–Trinajstić information content (AvgIpc) is 2.42. The molecule has 3 atom stereocenters. The zero-order chi connectivity index (χ0) is 15.9. The van der Waals surface area contributed by atoms with Crippen molar-refractivity contribution < 1.29 is 9.53 Å². The molecule has 0 bridgehead atoms. The van der Waals surface area contributed by atoms with Crippen LogP contribution in [0.2, 0.25) is 0 Å². The van der Waals surface area contributed by atoms with E-state index in [-0.39, 0.29) is 6.09 Å². The highest BCUT2D eigenvalue weighted by atomic mass is 16.6. The van der Waals surface area contributed by atoms with E-state index in [0.717, 1.165) is 13.0 Å². The standard InChI is InChI=1S/C17H34N2O2/c1-6-13(2)11-14(15-9-7-8-10-18-15)12-19-16(20)21-17(3,4)5/h13-15,18H,6-12H2,1-5H3,(H,19,20)/t13-,14-,15-/m0/s1. The second kappa shape index (κ2) is 8.62. The molecule has 1 aliphatic rings. The summed E-state index contributed by atoms with van der Waals surface area (Å²) >= 11 is 0. The lowest BCUT2D eigenvalue weighted by Crippen LogP contribution is -2.46. The highest BCUT2D eigenvalue weighted by Gasteiger charge is 2.26. The molecule has 1 heterocycles. The summed E-state index contributed by atoms with van der Waals surface area (Å²) in [6.45, 7) is 12.0. The molecule has 1 aliphatic heterocycles. The Morgan fingerprint density at radius 1 is 1.38 bits per heavy atom. The summed E-state index contributed by atoms with van der Waals surface area (Å²) in [5, 5.41) is 6.59. The first-order valence-electron chi connectivity index (χ1n) is 8.52. The van der Waals surface area contributed by atoms with Crippen molar-refractivity contribution in [3.8, 4) is 0 Å². The van der Waals surface area contributed by atoms with Crippen molar-refractivity contribution >= 4 is 6.09 Å². The van der Waals surface area contributed by atoms with Gasteiger partial charge in [-0.1, -0.05) is 26.7 Å². The van der Waals surface area contributed by atoms with Crippen LogP contribution in [0.5, 0.6) is 0 Å². The predicted octanol–water partition coefficient (Wildman–Crippen LogP) is 3.71. The molecule has 21 heavy (non-hydrogen) atoms. The molecule has 1 saturated heterocycles. The van der Waals surface area contributed by atoms with Crippen LogP contribution in [0.1, 0.15) is 66.7 Å². The normalized spacial score (nSPS) is 22.4. The Morgan fingerprint density at radius 2 is 2.10 bits per heavy atom. The van der Waals surface area contributed by atoms with E-state index in [0.29, 0.717) is 24.4 Å². The third-order valence-corrected chi connectivity index (χ3v) is 4.23. The molecule has 4 nitrogen and oxygen atoms in total. The van der Waals surface area contributed by atoms with E-state index < -0.39 is 5.60 Å². The number of alkyl carbamates (subject to hydrolysis) is 1. The number of carbonyl (C=O) groups excluding carboxylic acids is 1.